The molecule has 8 heteroatoms. The fourth-order valence-electron chi connectivity index (χ4n) is 1.65. The maximum atomic E-state index is 12.8. The largest absolute Gasteiger partial charge is 0.389 e. The zero-order valence-electron chi connectivity index (χ0n) is 10.9. The van der Waals surface area contributed by atoms with E-state index in [4.69, 9.17) is 18.0 Å². The van der Waals surface area contributed by atoms with E-state index < -0.39 is 10.0 Å². The maximum absolute atomic E-state index is 12.8. The van der Waals surface area contributed by atoms with Gasteiger partial charge in [0.05, 0.1) is 4.88 Å². The summed E-state index contributed by atoms with van der Waals surface area (Å²) in [5.74, 6) is -0.316. The summed E-state index contributed by atoms with van der Waals surface area (Å²) >= 11 is 5.83. The van der Waals surface area contributed by atoms with E-state index in [2.05, 4.69) is 4.72 Å². The van der Waals surface area contributed by atoms with Gasteiger partial charge in [0.1, 0.15) is 15.0 Å². The van der Waals surface area contributed by atoms with Gasteiger partial charge in [-0.05, 0) is 36.2 Å². The molecule has 3 N–H and O–H groups in total. The molecule has 2 aromatic rings. The number of benzene rings is 1. The third-order valence-electron chi connectivity index (χ3n) is 2.71. The number of halogens is 1. The summed E-state index contributed by atoms with van der Waals surface area (Å²) < 4.78 is 39.6. The molecule has 0 saturated heterocycles. The highest BCUT2D eigenvalue weighted by Gasteiger charge is 2.16. The van der Waals surface area contributed by atoms with E-state index in [-0.39, 0.29) is 21.6 Å². The lowest BCUT2D eigenvalue weighted by atomic mass is 10.1. The van der Waals surface area contributed by atoms with Gasteiger partial charge >= 0.3 is 0 Å². The van der Waals surface area contributed by atoms with Gasteiger partial charge in [-0.1, -0.05) is 24.4 Å². The van der Waals surface area contributed by atoms with Crippen LogP contribution in [0.2, 0.25) is 0 Å². The number of nitrogens with one attached hydrogen (secondary N) is 1. The van der Waals surface area contributed by atoms with Crippen molar-refractivity contribution >= 4 is 38.6 Å². The van der Waals surface area contributed by atoms with Crippen LogP contribution in [0.5, 0.6) is 0 Å². The van der Waals surface area contributed by atoms with Crippen LogP contribution in [0, 0.1) is 5.82 Å². The van der Waals surface area contributed by atoms with Crippen molar-refractivity contribution in [2.24, 2.45) is 5.73 Å². The monoisotopic (exact) mass is 344 g/mol. The van der Waals surface area contributed by atoms with Gasteiger partial charge < -0.3 is 5.73 Å². The Balaban J connectivity index is 1.97. The summed E-state index contributed by atoms with van der Waals surface area (Å²) in [4.78, 5) is 0.733. The summed E-state index contributed by atoms with van der Waals surface area (Å²) in [5.41, 5.74) is 6.31. The Morgan fingerprint density at radius 3 is 2.48 bits per heavy atom. The van der Waals surface area contributed by atoms with Crippen LogP contribution in [0.3, 0.4) is 0 Å². The smallest absolute Gasteiger partial charge is 0.250 e. The molecule has 4 nitrogen and oxygen atoms in total. The van der Waals surface area contributed by atoms with Gasteiger partial charge in [-0.15, -0.1) is 11.3 Å². The summed E-state index contributed by atoms with van der Waals surface area (Å²) in [6, 6.07) is 9.00. The lowest BCUT2D eigenvalue weighted by Crippen LogP contribution is -2.25. The van der Waals surface area contributed by atoms with E-state index in [1.165, 1.54) is 18.2 Å². The SMILES string of the molecule is NC(=S)c1ccc(S(=O)(=O)NCCc2ccc(F)cc2)s1. The number of thiophene rings is 1. The number of rotatable bonds is 6. The lowest BCUT2D eigenvalue weighted by molar-refractivity contribution is 0.583. The van der Waals surface area contributed by atoms with Gasteiger partial charge in [0.15, 0.2) is 0 Å². The Morgan fingerprint density at radius 2 is 1.90 bits per heavy atom. The Labute approximate surface area is 131 Å². The molecule has 0 aliphatic carbocycles. The van der Waals surface area contributed by atoms with Gasteiger partial charge in [0.2, 0.25) is 10.0 Å². The molecule has 1 aromatic carbocycles. The number of hydrogen-bond donors (Lipinski definition) is 2. The molecular weight excluding hydrogens is 331 g/mol. The first kappa shape index (κ1) is 16.0. The quantitative estimate of drug-likeness (QED) is 0.787. The first-order chi connectivity index (χ1) is 9.88. The van der Waals surface area contributed by atoms with Gasteiger partial charge in [-0.3, -0.25) is 0 Å². The highest BCUT2D eigenvalue weighted by atomic mass is 32.2. The molecule has 0 amide bonds. The molecule has 0 unspecified atom stereocenters. The van der Waals surface area contributed by atoms with Crippen LogP contribution in [0.1, 0.15) is 10.4 Å². The fraction of sp³-hybridized carbons (Fsp3) is 0.154. The second-order valence-electron chi connectivity index (χ2n) is 4.26. The normalized spacial score (nSPS) is 11.5. The summed E-state index contributed by atoms with van der Waals surface area (Å²) in [6.45, 7) is 0.230. The average molecular weight is 344 g/mol. The van der Waals surface area contributed by atoms with Crippen molar-refractivity contribution in [2.75, 3.05) is 6.54 Å². The van der Waals surface area contributed by atoms with Crippen LogP contribution in [0.15, 0.2) is 40.6 Å². The highest BCUT2D eigenvalue weighted by molar-refractivity contribution is 7.91. The molecule has 0 radical (unpaired) electrons. The van der Waals surface area contributed by atoms with Crippen molar-refractivity contribution in [3.05, 3.63) is 52.7 Å². The Bertz CT molecular complexity index is 739. The molecule has 0 spiro atoms. The minimum Gasteiger partial charge on any atom is -0.389 e. The van der Waals surface area contributed by atoms with E-state index in [0.29, 0.717) is 11.3 Å². The van der Waals surface area contributed by atoms with Crippen LogP contribution in [-0.4, -0.2) is 20.0 Å². The summed E-state index contributed by atoms with van der Waals surface area (Å²) in [6.07, 6.45) is 0.479. The van der Waals surface area contributed by atoms with Crippen LogP contribution in [0.25, 0.3) is 0 Å². The molecule has 112 valence electrons. The van der Waals surface area contributed by atoms with Crippen LogP contribution in [-0.2, 0) is 16.4 Å². The molecule has 1 heterocycles. The minimum absolute atomic E-state index is 0.171. The molecule has 0 aliphatic rings. The van der Waals surface area contributed by atoms with Crippen molar-refractivity contribution < 1.29 is 12.8 Å². The number of sulfonamides is 1. The topological polar surface area (TPSA) is 72.2 Å². The Kier molecular flexibility index (Phi) is 5.04. The molecule has 21 heavy (non-hydrogen) atoms. The fourth-order valence-corrected chi connectivity index (χ4v) is 4.08. The van der Waals surface area contributed by atoms with E-state index in [1.807, 2.05) is 0 Å². The Hall–Kier alpha value is -1.35. The first-order valence-electron chi connectivity index (χ1n) is 6.02. The summed E-state index contributed by atoms with van der Waals surface area (Å²) in [7, 11) is -3.57. The van der Waals surface area contributed by atoms with Crippen molar-refractivity contribution in [3.63, 3.8) is 0 Å². The summed E-state index contributed by atoms with van der Waals surface area (Å²) in [5, 5.41) is 0. The lowest BCUT2D eigenvalue weighted by Gasteiger charge is -2.05. The molecule has 1 aromatic heterocycles. The molecule has 0 atom stereocenters. The number of thiocarbonyl (C=S) groups is 1. The molecule has 0 aliphatic heterocycles. The predicted molar refractivity (Wildman–Crippen MR) is 85.5 cm³/mol. The molecule has 0 fully saturated rings. The van der Waals surface area contributed by atoms with Crippen LogP contribution >= 0.6 is 23.6 Å². The van der Waals surface area contributed by atoms with Crippen molar-refractivity contribution in [1.29, 1.82) is 0 Å². The highest BCUT2D eigenvalue weighted by Crippen LogP contribution is 2.21. The van der Waals surface area contributed by atoms with E-state index in [9.17, 15) is 12.8 Å². The molecule has 0 saturated carbocycles. The molecule has 0 bridgehead atoms. The van der Waals surface area contributed by atoms with Crippen LogP contribution < -0.4 is 10.5 Å². The van der Waals surface area contributed by atoms with Gasteiger partial charge in [-0.25, -0.2) is 17.5 Å². The predicted octanol–water partition coefficient (Wildman–Crippen LogP) is 2.04. The van der Waals surface area contributed by atoms with Crippen molar-refractivity contribution in [2.45, 2.75) is 10.6 Å². The molecule has 2 rings (SSSR count). The minimum atomic E-state index is -3.57. The molecular formula is C13H13FN2O2S3. The second kappa shape index (κ2) is 6.61. The maximum Gasteiger partial charge on any atom is 0.250 e. The van der Waals surface area contributed by atoms with E-state index >= 15 is 0 Å². The van der Waals surface area contributed by atoms with Crippen molar-refractivity contribution in [3.8, 4) is 0 Å². The number of hydrogen-bond acceptors (Lipinski definition) is 4. The third-order valence-corrected chi connectivity index (χ3v) is 6.13. The van der Waals surface area contributed by atoms with Crippen molar-refractivity contribution in [1.82, 2.24) is 4.72 Å². The van der Waals surface area contributed by atoms with Crippen LogP contribution in [0.4, 0.5) is 4.39 Å². The van der Waals surface area contributed by atoms with E-state index in [1.54, 1.807) is 18.2 Å². The van der Waals surface area contributed by atoms with E-state index in [0.717, 1.165) is 16.9 Å². The zero-order chi connectivity index (χ0) is 15.5. The average Bonchev–Trinajstić information content (AvgIpc) is 2.91. The second-order valence-corrected chi connectivity index (χ2v) is 7.77. The third kappa shape index (κ3) is 4.31. The van der Waals surface area contributed by atoms with Gasteiger partial charge in [-0.2, -0.15) is 0 Å². The standard InChI is InChI=1S/C13H13FN2O2S3/c14-10-3-1-9(2-4-10)7-8-16-21(17,18)12-6-5-11(20-12)13(15)19/h1-6,16H,7-8H2,(H2,15,19). The zero-order valence-corrected chi connectivity index (χ0v) is 13.3. The van der Waals surface area contributed by atoms with Gasteiger partial charge in [0.25, 0.3) is 0 Å². The first-order valence-corrected chi connectivity index (χ1v) is 8.73. The van der Waals surface area contributed by atoms with Gasteiger partial charge in [0, 0.05) is 6.54 Å². The number of nitrogens with two attached hydrogens (primary N) is 1. The Morgan fingerprint density at radius 1 is 1.24 bits per heavy atom.